The van der Waals surface area contributed by atoms with Crippen molar-refractivity contribution in [2.75, 3.05) is 0 Å². The normalized spacial score (nSPS) is 12.5. The predicted octanol–water partition coefficient (Wildman–Crippen LogP) is 5.30. The summed E-state index contributed by atoms with van der Waals surface area (Å²) in [7, 11) is 0. The van der Waals surface area contributed by atoms with Crippen molar-refractivity contribution in [2.45, 2.75) is 20.3 Å². The molecule has 0 fully saturated rings. The first-order valence-electron chi connectivity index (χ1n) is 8.52. The van der Waals surface area contributed by atoms with Crippen LogP contribution in [0, 0.1) is 4.77 Å². The summed E-state index contributed by atoms with van der Waals surface area (Å²) in [6, 6.07) is 14.4. The van der Waals surface area contributed by atoms with Crippen LogP contribution in [0.15, 0.2) is 72.5 Å². The van der Waals surface area contributed by atoms with Gasteiger partial charge in [-0.3, -0.25) is 9.67 Å². The second-order valence-electron chi connectivity index (χ2n) is 6.11. The standard InChI is InChI=1S/C21H22N4S/c1-4-8-17(14(2)13-15(3)22)20-23-24-21(26)25(20)19-12-7-10-16-9-5-6-11-18(16)19/h5-13H,3-4,22H2,1-2H3,(H,24,26)/b14-13-,17-8+. The highest BCUT2D eigenvalue weighted by atomic mass is 32.1. The van der Waals surface area contributed by atoms with Crippen LogP contribution < -0.4 is 5.73 Å². The molecular formula is C21H22N4S. The Bertz CT molecular complexity index is 1080. The average molecular weight is 363 g/mol. The molecule has 1 heterocycles. The van der Waals surface area contributed by atoms with Gasteiger partial charge in [0.05, 0.1) is 5.69 Å². The molecule has 0 saturated heterocycles. The molecule has 0 aliphatic rings. The Hall–Kier alpha value is -2.92. The van der Waals surface area contributed by atoms with Gasteiger partial charge in [0, 0.05) is 16.7 Å². The number of fused-ring (bicyclic) bond motifs is 1. The van der Waals surface area contributed by atoms with Crippen molar-refractivity contribution in [3.63, 3.8) is 0 Å². The highest BCUT2D eigenvalue weighted by molar-refractivity contribution is 7.71. The summed E-state index contributed by atoms with van der Waals surface area (Å²) >= 11 is 5.55. The van der Waals surface area contributed by atoms with Gasteiger partial charge in [-0.1, -0.05) is 56.0 Å². The van der Waals surface area contributed by atoms with Gasteiger partial charge >= 0.3 is 0 Å². The maximum absolute atomic E-state index is 5.78. The van der Waals surface area contributed by atoms with Gasteiger partial charge < -0.3 is 5.73 Å². The highest BCUT2D eigenvalue weighted by Crippen LogP contribution is 2.28. The third-order valence-electron chi connectivity index (χ3n) is 4.16. The average Bonchev–Trinajstić information content (AvgIpc) is 2.99. The molecule has 2 aromatic carbocycles. The lowest BCUT2D eigenvalue weighted by atomic mass is 10.0. The molecule has 0 bridgehead atoms. The van der Waals surface area contributed by atoms with E-state index in [1.54, 1.807) is 0 Å². The maximum atomic E-state index is 5.78. The van der Waals surface area contributed by atoms with Crippen LogP contribution in [-0.2, 0) is 0 Å². The van der Waals surface area contributed by atoms with Crippen LogP contribution in [0.3, 0.4) is 0 Å². The Morgan fingerprint density at radius 3 is 2.73 bits per heavy atom. The first-order valence-corrected chi connectivity index (χ1v) is 8.93. The molecule has 0 unspecified atom stereocenters. The van der Waals surface area contributed by atoms with Gasteiger partial charge in [0.2, 0.25) is 0 Å². The smallest absolute Gasteiger partial charge is 0.200 e. The Morgan fingerprint density at radius 2 is 2.00 bits per heavy atom. The number of allylic oxidation sites excluding steroid dienone is 4. The summed E-state index contributed by atoms with van der Waals surface area (Å²) in [5.41, 5.74) is 9.27. The van der Waals surface area contributed by atoms with Crippen molar-refractivity contribution >= 4 is 28.6 Å². The number of nitrogens with one attached hydrogen (secondary N) is 1. The zero-order valence-corrected chi connectivity index (χ0v) is 15.8. The van der Waals surface area contributed by atoms with Crippen molar-refractivity contribution < 1.29 is 0 Å². The van der Waals surface area contributed by atoms with E-state index in [0.29, 0.717) is 10.5 Å². The summed E-state index contributed by atoms with van der Waals surface area (Å²) < 4.78 is 2.54. The quantitative estimate of drug-likeness (QED) is 0.478. The first-order chi connectivity index (χ1) is 12.5. The molecule has 0 radical (unpaired) electrons. The van der Waals surface area contributed by atoms with Gasteiger partial charge in [-0.15, -0.1) is 0 Å². The summed E-state index contributed by atoms with van der Waals surface area (Å²) in [5, 5.41) is 9.73. The van der Waals surface area contributed by atoms with Crippen LogP contribution in [0.1, 0.15) is 26.1 Å². The zero-order valence-electron chi connectivity index (χ0n) is 15.0. The van der Waals surface area contributed by atoms with Crippen LogP contribution in [0.5, 0.6) is 0 Å². The number of aromatic nitrogens is 3. The number of hydrogen-bond acceptors (Lipinski definition) is 3. The lowest BCUT2D eigenvalue weighted by molar-refractivity contribution is 1.01. The second-order valence-corrected chi connectivity index (χ2v) is 6.50. The topological polar surface area (TPSA) is 59.6 Å². The van der Waals surface area contributed by atoms with Crippen LogP contribution in [0.2, 0.25) is 0 Å². The fourth-order valence-electron chi connectivity index (χ4n) is 3.09. The number of benzene rings is 2. The Labute approximate surface area is 158 Å². The van der Waals surface area contributed by atoms with Gasteiger partial charge in [0.1, 0.15) is 0 Å². The molecule has 5 heteroatoms. The van der Waals surface area contributed by atoms with Crippen LogP contribution in [0.25, 0.3) is 22.0 Å². The molecule has 3 rings (SSSR count). The van der Waals surface area contributed by atoms with Gasteiger partial charge in [-0.05, 0) is 48.7 Å². The molecule has 0 aliphatic heterocycles. The summed E-state index contributed by atoms with van der Waals surface area (Å²) in [6.45, 7) is 7.87. The van der Waals surface area contributed by atoms with Gasteiger partial charge in [-0.2, -0.15) is 5.10 Å². The molecule has 4 nitrogen and oxygen atoms in total. The molecule has 0 amide bonds. The van der Waals surface area contributed by atoms with Crippen molar-refractivity contribution in [1.29, 1.82) is 0 Å². The van der Waals surface area contributed by atoms with E-state index in [-0.39, 0.29) is 0 Å². The SMILES string of the molecule is C=C(N)/C=C(C)\C(=C/CC)c1n[nH]c(=S)n1-c1cccc2ccccc12. The van der Waals surface area contributed by atoms with Crippen molar-refractivity contribution in [2.24, 2.45) is 5.73 Å². The summed E-state index contributed by atoms with van der Waals surface area (Å²) in [4.78, 5) is 0. The molecule has 26 heavy (non-hydrogen) atoms. The minimum atomic E-state index is 0.510. The Kier molecular flexibility index (Phi) is 5.19. The predicted molar refractivity (Wildman–Crippen MR) is 112 cm³/mol. The first kappa shape index (κ1) is 17.9. The Morgan fingerprint density at radius 1 is 1.27 bits per heavy atom. The summed E-state index contributed by atoms with van der Waals surface area (Å²) in [5.74, 6) is 0.767. The molecular weight excluding hydrogens is 340 g/mol. The monoisotopic (exact) mass is 362 g/mol. The number of H-pyrrole nitrogens is 1. The second kappa shape index (κ2) is 7.54. The minimum absolute atomic E-state index is 0.510. The van der Waals surface area contributed by atoms with Gasteiger partial charge in [-0.25, -0.2) is 0 Å². The Balaban J connectivity index is 2.29. The van der Waals surface area contributed by atoms with Crippen LogP contribution in [-0.4, -0.2) is 14.8 Å². The maximum Gasteiger partial charge on any atom is 0.200 e. The van der Waals surface area contributed by atoms with Crippen LogP contribution >= 0.6 is 12.2 Å². The fourth-order valence-corrected chi connectivity index (χ4v) is 3.32. The van der Waals surface area contributed by atoms with Crippen LogP contribution in [0.4, 0.5) is 0 Å². The third kappa shape index (κ3) is 3.39. The molecule has 1 aromatic heterocycles. The van der Waals surface area contributed by atoms with E-state index in [1.807, 2.05) is 35.8 Å². The van der Waals surface area contributed by atoms with Crippen molar-refractivity contribution in [3.8, 4) is 5.69 Å². The lowest BCUT2D eigenvalue weighted by Gasteiger charge is -2.13. The summed E-state index contributed by atoms with van der Waals surface area (Å²) in [6.07, 6.45) is 4.85. The van der Waals surface area contributed by atoms with Crippen molar-refractivity contribution in [1.82, 2.24) is 14.8 Å². The number of nitrogens with zero attached hydrogens (tertiary/aromatic N) is 2. The highest BCUT2D eigenvalue weighted by Gasteiger charge is 2.16. The van der Waals surface area contributed by atoms with E-state index < -0.39 is 0 Å². The number of hydrogen-bond donors (Lipinski definition) is 2. The molecule has 0 saturated carbocycles. The number of nitrogens with two attached hydrogens (primary N) is 1. The minimum Gasteiger partial charge on any atom is -0.399 e. The fraction of sp³-hybridized carbons (Fsp3) is 0.143. The van der Waals surface area contributed by atoms with Gasteiger partial charge in [0.15, 0.2) is 10.6 Å². The number of aromatic amines is 1. The molecule has 3 N–H and O–H groups in total. The van der Waals surface area contributed by atoms with E-state index in [0.717, 1.165) is 39.9 Å². The van der Waals surface area contributed by atoms with E-state index in [4.69, 9.17) is 18.0 Å². The van der Waals surface area contributed by atoms with Gasteiger partial charge in [0.25, 0.3) is 0 Å². The van der Waals surface area contributed by atoms with E-state index in [1.165, 1.54) is 0 Å². The number of rotatable bonds is 5. The molecule has 3 aromatic rings. The lowest BCUT2D eigenvalue weighted by Crippen LogP contribution is -2.04. The third-order valence-corrected chi connectivity index (χ3v) is 4.43. The van der Waals surface area contributed by atoms with Crippen molar-refractivity contribution in [3.05, 3.63) is 83.1 Å². The molecule has 132 valence electrons. The van der Waals surface area contributed by atoms with E-state index in [2.05, 4.69) is 54.0 Å². The molecule has 0 aliphatic carbocycles. The zero-order chi connectivity index (χ0) is 18.7. The molecule has 0 spiro atoms. The van der Waals surface area contributed by atoms with E-state index >= 15 is 0 Å². The molecule has 0 atom stereocenters. The largest absolute Gasteiger partial charge is 0.399 e. The van der Waals surface area contributed by atoms with E-state index in [9.17, 15) is 0 Å².